The third-order valence-electron chi connectivity index (χ3n) is 3.41. The van der Waals surface area contributed by atoms with Gasteiger partial charge in [-0.1, -0.05) is 42.1 Å². The van der Waals surface area contributed by atoms with Crippen LogP contribution in [0.2, 0.25) is 0 Å². The predicted octanol–water partition coefficient (Wildman–Crippen LogP) is 3.47. The van der Waals surface area contributed by atoms with Gasteiger partial charge in [0.15, 0.2) is 22.5 Å². The molecule has 0 saturated carbocycles. The molecule has 0 aliphatic carbocycles. The maximum Gasteiger partial charge on any atom is 0.196 e. The zero-order valence-electron chi connectivity index (χ0n) is 13.6. The minimum Gasteiger partial charge on any atom is -0.493 e. The number of nitrogens with zero attached hydrogens (tertiary/aromatic N) is 4. The van der Waals surface area contributed by atoms with Gasteiger partial charge in [-0.25, -0.2) is 0 Å². The van der Waals surface area contributed by atoms with E-state index in [1.165, 1.54) is 11.8 Å². The Labute approximate surface area is 150 Å². The Morgan fingerprint density at radius 3 is 2.48 bits per heavy atom. The highest BCUT2D eigenvalue weighted by Crippen LogP contribution is 2.27. The second kappa shape index (κ2) is 8.22. The van der Waals surface area contributed by atoms with Crippen LogP contribution in [0.3, 0.4) is 0 Å². The van der Waals surface area contributed by atoms with Crippen LogP contribution in [-0.4, -0.2) is 27.6 Å². The molecule has 0 saturated heterocycles. The summed E-state index contributed by atoms with van der Waals surface area (Å²) in [5, 5.41) is 17.9. The first-order valence-corrected chi connectivity index (χ1v) is 8.57. The third kappa shape index (κ3) is 3.92. The van der Waals surface area contributed by atoms with E-state index in [4.69, 9.17) is 14.7 Å². The van der Waals surface area contributed by atoms with Crippen molar-refractivity contribution < 1.29 is 9.47 Å². The lowest BCUT2D eigenvalue weighted by molar-refractivity contribution is 0.274. The van der Waals surface area contributed by atoms with Crippen LogP contribution < -0.4 is 9.47 Å². The number of hydrogen-bond donors (Lipinski definition) is 0. The van der Waals surface area contributed by atoms with Gasteiger partial charge in [0.2, 0.25) is 0 Å². The quantitative estimate of drug-likeness (QED) is 0.606. The third-order valence-corrected chi connectivity index (χ3v) is 4.20. The van der Waals surface area contributed by atoms with E-state index in [0.29, 0.717) is 28.2 Å². The van der Waals surface area contributed by atoms with Gasteiger partial charge in [0, 0.05) is 5.69 Å². The number of thioether (sulfide) groups is 1. The van der Waals surface area contributed by atoms with Crippen molar-refractivity contribution in [1.82, 2.24) is 14.8 Å². The molecule has 0 bridgehead atoms. The molecule has 2 aromatic carbocycles. The van der Waals surface area contributed by atoms with Crippen molar-refractivity contribution in [3.63, 3.8) is 0 Å². The molecular formula is C18H16N4O2S. The summed E-state index contributed by atoms with van der Waals surface area (Å²) in [6, 6.07) is 19.3. The van der Waals surface area contributed by atoms with Gasteiger partial charge < -0.3 is 9.47 Å². The molecule has 0 aliphatic heterocycles. The van der Waals surface area contributed by atoms with Gasteiger partial charge >= 0.3 is 0 Å². The van der Waals surface area contributed by atoms with Gasteiger partial charge in [0.25, 0.3) is 0 Å². The Morgan fingerprint density at radius 2 is 1.76 bits per heavy atom. The highest BCUT2D eigenvalue weighted by Gasteiger charge is 2.15. The SMILES string of the molecule is COc1ccccc1OCc1nnc(SCC#N)n1-c1ccccc1. The van der Waals surface area contributed by atoms with Crippen molar-refractivity contribution in [3.8, 4) is 23.3 Å². The second-order valence-electron chi connectivity index (χ2n) is 4.96. The van der Waals surface area contributed by atoms with Crippen molar-refractivity contribution in [2.45, 2.75) is 11.8 Å². The highest BCUT2D eigenvalue weighted by molar-refractivity contribution is 7.99. The first kappa shape index (κ1) is 16.9. The van der Waals surface area contributed by atoms with Crippen molar-refractivity contribution in [2.24, 2.45) is 0 Å². The second-order valence-corrected chi connectivity index (χ2v) is 5.90. The predicted molar refractivity (Wildman–Crippen MR) is 95.0 cm³/mol. The lowest BCUT2D eigenvalue weighted by atomic mass is 10.3. The van der Waals surface area contributed by atoms with E-state index in [2.05, 4.69) is 16.3 Å². The average molecular weight is 352 g/mol. The maximum atomic E-state index is 8.84. The Balaban J connectivity index is 1.88. The van der Waals surface area contributed by atoms with Crippen molar-refractivity contribution in [1.29, 1.82) is 5.26 Å². The summed E-state index contributed by atoms with van der Waals surface area (Å²) in [7, 11) is 1.60. The molecule has 0 radical (unpaired) electrons. The summed E-state index contributed by atoms with van der Waals surface area (Å²) >= 11 is 1.34. The summed E-state index contributed by atoms with van der Waals surface area (Å²) < 4.78 is 13.1. The number of rotatable bonds is 7. The Kier molecular flexibility index (Phi) is 5.54. The Hall–Kier alpha value is -2.98. The number of ether oxygens (including phenoxy) is 2. The fourth-order valence-electron chi connectivity index (χ4n) is 2.30. The largest absolute Gasteiger partial charge is 0.493 e. The number of nitriles is 1. The number of aromatic nitrogens is 3. The molecule has 7 heteroatoms. The van der Waals surface area contributed by atoms with Crippen LogP contribution in [0, 0.1) is 11.3 Å². The smallest absolute Gasteiger partial charge is 0.196 e. The number of para-hydroxylation sites is 3. The van der Waals surface area contributed by atoms with Crippen LogP contribution >= 0.6 is 11.8 Å². The monoisotopic (exact) mass is 352 g/mol. The maximum absolute atomic E-state index is 8.84. The molecule has 0 spiro atoms. The highest BCUT2D eigenvalue weighted by atomic mass is 32.2. The number of hydrogen-bond acceptors (Lipinski definition) is 6. The lowest BCUT2D eigenvalue weighted by Gasteiger charge is -2.12. The van der Waals surface area contributed by atoms with Crippen molar-refractivity contribution >= 4 is 11.8 Å². The summed E-state index contributed by atoms with van der Waals surface area (Å²) in [5.41, 5.74) is 0.923. The van der Waals surface area contributed by atoms with Crippen molar-refractivity contribution in [3.05, 3.63) is 60.4 Å². The minimum atomic E-state index is 0.232. The topological polar surface area (TPSA) is 73.0 Å². The molecule has 0 aliphatic rings. The van der Waals surface area contributed by atoms with E-state index in [9.17, 15) is 0 Å². The van der Waals surface area contributed by atoms with E-state index in [1.807, 2.05) is 59.2 Å². The first-order chi connectivity index (χ1) is 12.3. The molecule has 0 atom stereocenters. The standard InChI is InChI=1S/C18H16N4O2S/c1-23-15-9-5-6-10-16(15)24-13-17-20-21-18(25-12-11-19)22(17)14-7-3-2-4-8-14/h2-10H,12-13H2,1H3. The zero-order valence-corrected chi connectivity index (χ0v) is 14.4. The molecule has 3 rings (SSSR count). The molecule has 0 unspecified atom stereocenters. The summed E-state index contributed by atoms with van der Waals surface area (Å²) in [6.45, 7) is 0.232. The molecule has 1 heterocycles. The van der Waals surface area contributed by atoms with Gasteiger partial charge in [-0.2, -0.15) is 5.26 Å². The van der Waals surface area contributed by atoms with E-state index in [-0.39, 0.29) is 6.61 Å². The number of benzene rings is 2. The normalized spacial score (nSPS) is 10.2. The van der Waals surface area contributed by atoms with E-state index in [0.717, 1.165) is 5.69 Å². The molecule has 0 N–H and O–H groups in total. The van der Waals surface area contributed by atoms with E-state index < -0.39 is 0 Å². The molecule has 0 amide bonds. The Morgan fingerprint density at radius 1 is 1.04 bits per heavy atom. The van der Waals surface area contributed by atoms with Crippen LogP contribution in [0.5, 0.6) is 11.5 Å². The molecule has 25 heavy (non-hydrogen) atoms. The minimum absolute atomic E-state index is 0.232. The van der Waals surface area contributed by atoms with Gasteiger partial charge in [0.05, 0.1) is 18.9 Å². The Bertz CT molecular complexity index is 874. The van der Waals surface area contributed by atoms with Crippen LogP contribution in [0.15, 0.2) is 59.8 Å². The van der Waals surface area contributed by atoms with Crippen LogP contribution in [0.1, 0.15) is 5.82 Å². The summed E-state index contributed by atoms with van der Waals surface area (Å²) in [4.78, 5) is 0. The molecule has 6 nitrogen and oxygen atoms in total. The molecule has 0 fully saturated rings. The van der Waals surface area contributed by atoms with Gasteiger partial charge in [-0.3, -0.25) is 4.57 Å². The van der Waals surface area contributed by atoms with Crippen LogP contribution in [0.25, 0.3) is 5.69 Å². The van der Waals surface area contributed by atoms with E-state index in [1.54, 1.807) is 7.11 Å². The van der Waals surface area contributed by atoms with Gasteiger partial charge in [0.1, 0.15) is 6.61 Å². The first-order valence-electron chi connectivity index (χ1n) is 7.58. The van der Waals surface area contributed by atoms with E-state index >= 15 is 0 Å². The molecule has 1 aromatic heterocycles. The average Bonchev–Trinajstić information content (AvgIpc) is 3.08. The fourth-order valence-corrected chi connectivity index (χ4v) is 2.93. The lowest BCUT2D eigenvalue weighted by Crippen LogP contribution is -2.07. The van der Waals surface area contributed by atoms with Gasteiger partial charge in [-0.15, -0.1) is 10.2 Å². The zero-order chi connectivity index (χ0) is 17.5. The van der Waals surface area contributed by atoms with Crippen LogP contribution in [-0.2, 0) is 6.61 Å². The number of methoxy groups -OCH3 is 1. The summed E-state index contributed by atoms with van der Waals surface area (Å²) in [5.74, 6) is 2.25. The molecule has 126 valence electrons. The fraction of sp³-hybridized carbons (Fsp3) is 0.167. The molecule has 3 aromatic rings. The van der Waals surface area contributed by atoms with Crippen molar-refractivity contribution in [2.75, 3.05) is 12.9 Å². The van der Waals surface area contributed by atoms with Crippen LogP contribution in [0.4, 0.5) is 0 Å². The van der Waals surface area contributed by atoms with Gasteiger partial charge in [-0.05, 0) is 24.3 Å². The molecular weight excluding hydrogens is 336 g/mol. The summed E-state index contributed by atoms with van der Waals surface area (Å²) in [6.07, 6.45) is 0.